The summed E-state index contributed by atoms with van der Waals surface area (Å²) in [6.45, 7) is 15.2. The van der Waals surface area contributed by atoms with E-state index < -0.39 is 0 Å². The molecule has 0 atom stereocenters. The van der Waals surface area contributed by atoms with E-state index in [1.165, 1.54) is 5.56 Å². The molecule has 0 unspecified atom stereocenters. The van der Waals surface area contributed by atoms with E-state index in [2.05, 4.69) is 58.3 Å². The zero-order valence-electron chi connectivity index (χ0n) is 11.2. The van der Waals surface area contributed by atoms with Crippen LogP contribution in [0, 0.1) is 11.3 Å². The van der Waals surface area contributed by atoms with Gasteiger partial charge >= 0.3 is 0 Å². The molecular formula is C15H23N. The normalized spacial score (nSPS) is 11.9. The molecule has 0 saturated heterocycles. The molecule has 0 aliphatic rings. The number of rotatable bonds is 3. The third-order valence-corrected chi connectivity index (χ3v) is 2.58. The van der Waals surface area contributed by atoms with Crippen LogP contribution in [0.2, 0.25) is 0 Å². The topological polar surface area (TPSA) is 12.9 Å². The zero-order chi connectivity index (χ0) is 12.3. The molecule has 0 fully saturated rings. The van der Waals surface area contributed by atoms with Crippen LogP contribution in [0.4, 0.5) is 0 Å². The molecule has 16 heavy (non-hydrogen) atoms. The van der Waals surface area contributed by atoms with E-state index in [1.54, 1.807) is 0 Å². The summed E-state index contributed by atoms with van der Waals surface area (Å²) in [7, 11) is 0. The first-order valence-electron chi connectivity index (χ1n) is 5.94. The van der Waals surface area contributed by atoms with E-state index in [0.717, 1.165) is 17.7 Å². The Morgan fingerprint density at radius 3 is 2.50 bits per heavy atom. The van der Waals surface area contributed by atoms with Crippen molar-refractivity contribution in [3.8, 4) is 0 Å². The van der Waals surface area contributed by atoms with Crippen LogP contribution in [0.3, 0.4) is 0 Å². The van der Waals surface area contributed by atoms with Crippen LogP contribution in [0.15, 0.2) is 24.9 Å². The highest BCUT2D eigenvalue weighted by molar-refractivity contribution is 5.61. The number of aromatic nitrogens is 1. The molecule has 88 valence electrons. The molecule has 0 spiro atoms. The number of hydrogen-bond acceptors (Lipinski definition) is 1. The van der Waals surface area contributed by atoms with Crippen molar-refractivity contribution in [1.29, 1.82) is 0 Å². The Hall–Kier alpha value is -1.11. The molecule has 0 aliphatic carbocycles. The molecule has 1 nitrogen and oxygen atoms in total. The second-order valence-electron chi connectivity index (χ2n) is 5.97. The lowest BCUT2D eigenvalue weighted by atomic mass is 9.88. The van der Waals surface area contributed by atoms with E-state index in [0.29, 0.717) is 11.3 Å². The van der Waals surface area contributed by atoms with E-state index >= 15 is 0 Å². The van der Waals surface area contributed by atoms with Gasteiger partial charge in [-0.1, -0.05) is 41.2 Å². The third kappa shape index (κ3) is 3.80. The minimum Gasteiger partial charge on any atom is -0.257 e. The Balaban J connectivity index is 2.91. The maximum atomic E-state index is 4.39. The van der Waals surface area contributed by atoms with Gasteiger partial charge in [0.25, 0.3) is 0 Å². The van der Waals surface area contributed by atoms with Crippen LogP contribution in [0.25, 0.3) is 5.57 Å². The molecule has 1 heteroatoms. The van der Waals surface area contributed by atoms with Crippen molar-refractivity contribution in [2.24, 2.45) is 11.3 Å². The predicted octanol–water partition coefficient (Wildman–Crippen LogP) is 4.34. The molecule has 1 heterocycles. The van der Waals surface area contributed by atoms with E-state index in [1.807, 2.05) is 6.20 Å². The van der Waals surface area contributed by atoms with Gasteiger partial charge < -0.3 is 0 Å². The Morgan fingerprint density at radius 1 is 1.38 bits per heavy atom. The monoisotopic (exact) mass is 217 g/mol. The van der Waals surface area contributed by atoms with Gasteiger partial charge in [0.15, 0.2) is 0 Å². The van der Waals surface area contributed by atoms with Crippen LogP contribution in [0.1, 0.15) is 45.9 Å². The highest BCUT2D eigenvalue weighted by Crippen LogP contribution is 2.24. The SMILES string of the molecule is C=C(c1cc(CC(C)(C)C)ccn1)C(C)C. The van der Waals surface area contributed by atoms with Crippen LogP contribution in [-0.2, 0) is 6.42 Å². The van der Waals surface area contributed by atoms with Gasteiger partial charge in [-0.2, -0.15) is 0 Å². The average Bonchev–Trinajstić information content (AvgIpc) is 2.14. The van der Waals surface area contributed by atoms with Gasteiger partial charge in [-0.15, -0.1) is 0 Å². The summed E-state index contributed by atoms with van der Waals surface area (Å²) < 4.78 is 0. The van der Waals surface area contributed by atoms with Crippen LogP contribution < -0.4 is 0 Å². The highest BCUT2D eigenvalue weighted by Gasteiger charge is 2.12. The lowest BCUT2D eigenvalue weighted by molar-refractivity contribution is 0.411. The lowest BCUT2D eigenvalue weighted by Crippen LogP contribution is -2.09. The first-order chi connectivity index (χ1) is 7.29. The van der Waals surface area contributed by atoms with Crippen molar-refractivity contribution in [1.82, 2.24) is 4.98 Å². The number of pyridine rings is 1. The Morgan fingerprint density at radius 2 is 2.00 bits per heavy atom. The minimum absolute atomic E-state index is 0.317. The molecule has 1 aromatic heterocycles. The summed E-state index contributed by atoms with van der Waals surface area (Å²) in [6, 6.07) is 4.27. The fourth-order valence-electron chi connectivity index (χ4n) is 1.67. The summed E-state index contributed by atoms with van der Waals surface area (Å²) in [4.78, 5) is 4.39. The van der Waals surface area contributed by atoms with Crippen LogP contribution in [0.5, 0.6) is 0 Å². The molecular weight excluding hydrogens is 194 g/mol. The quantitative estimate of drug-likeness (QED) is 0.734. The number of nitrogens with zero attached hydrogens (tertiary/aromatic N) is 1. The highest BCUT2D eigenvalue weighted by atomic mass is 14.7. The minimum atomic E-state index is 0.317. The van der Waals surface area contributed by atoms with Crippen molar-refractivity contribution in [3.05, 3.63) is 36.2 Å². The van der Waals surface area contributed by atoms with Gasteiger partial charge in [0.05, 0.1) is 5.69 Å². The summed E-state index contributed by atoms with van der Waals surface area (Å²) in [6.07, 6.45) is 2.97. The molecule has 1 rings (SSSR count). The second-order valence-corrected chi connectivity index (χ2v) is 5.97. The average molecular weight is 217 g/mol. The van der Waals surface area contributed by atoms with Gasteiger partial charge in [0.2, 0.25) is 0 Å². The Bertz CT molecular complexity index is 369. The second kappa shape index (κ2) is 4.82. The molecule has 0 amide bonds. The fourth-order valence-corrected chi connectivity index (χ4v) is 1.67. The van der Waals surface area contributed by atoms with Crippen molar-refractivity contribution in [2.45, 2.75) is 41.0 Å². The van der Waals surface area contributed by atoms with Crippen LogP contribution >= 0.6 is 0 Å². The van der Waals surface area contributed by atoms with Crippen molar-refractivity contribution < 1.29 is 0 Å². The molecule has 0 N–H and O–H groups in total. The van der Waals surface area contributed by atoms with Gasteiger partial charge in [-0.3, -0.25) is 4.98 Å². The largest absolute Gasteiger partial charge is 0.257 e. The fraction of sp³-hybridized carbons (Fsp3) is 0.533. The summed E-state index contributed by atoms with van der Waals surface area (Å²) in [5.74, 6) is 0.456. The molecule has 0 radical (unpaired) electrons. The molecule has 0 saturated carbocycles. The molecule has 0 aromatic carbocycles. The maximum absolute atomic E-state index is 4.39. The third-order valence-electron chi connectivity index (χ3n) is 2.58. The summed E-state index contributed by atoms with van der Waals surface area (Å²) in [5, 5.41) is 0. The van der Waals surface area contributed by atoms with E-state index in [4.69, 9.17) is 0 Å². The Labute approximate surface area is 99.6 Å². The molecule has 0 aliphatic heterocycles. The van der Waals surface area contributed by atoms with Gasteiger partial charge in [0.1, 0.15) is 0 Å². The maximum Gasteiger partial charge on any atom is 0.0661 e. The van der Waals surface area contributed by atoms with Gasteiger partial charge in [0, 0.05) is 6.20 Å². The first-order valence-corrected chi connectivity index (χ1v) is 5.94. The van der Waals surface area contributed by atoms with E-state index in [-0.39, 0.29) is 0 Å². The first kappa shape index (κ1) is 13.0. The van der Waals surface area contributed by atoms with Gasteiger partial charge in [-0.05, 0) is 41.0 Å². The van der Waals surface area contributed by atoms with Crippen molar-refractivity contribution in [3.63, 3.8) is 0 Å². The Kier molecular flexibility index (Phi) is 3.90. The smallest absolute Gasteiger partial charge is 0.0661 e. The summed E-state index contributed by atoms with van der Waals surface area (Å²) >= 11 is 0. The van der Waals surface area contributed by atoms with E-state index in [9.17, 15) is 0 Å². The van der Waals surface area contributed by atoms with Crippen molar-refractivity contribution >= 4 is 5.57 Å². The van der Waals surface area contributed by atoms with Gasteiger partial charge in [-0.25, -0.2) is 0 Å². The lowest BCUT2D eigenvalue weighted by Gasteiger charge is -2.18. The molecule has 1 aromatic rings. The standard InChI is InChI=1S/C15H23N/c1-11(2)12(3)14-9-13(7-8-16-14)10-15(4,5)6/h7-9,11H,3,10H2,1-2,4-6H3. The predicted molar refractivity (Wildman–Crippen MR) is 71.3 cm³/mol. The molecule has 0 bridgehead atoms. The zero-order valence-corrected chi connectivity index (χ0v) is 11.2. The number of allylic oxidation sites excluding steroid dienone is 1. The summed E-state index contributed by atoms with van der Waals surface area (Å²) in [5.41, 5.74) is 3.82. The van der Waals surface area contributed by atoms with Crippen LogP contribution in [-0.4, -0.2) is 4.98 Å². The number of hydrogen-bond donors (Lipinski definition) is 0. The van der Waals surface area contributed by atoms with Crippen molar-refractivity contribution in [2.75, 3.05) is 0 Å².